The van der Waals surface area contributed by atoms with E-state index in [-0.39, 0.29) is 5.04 Å². The molecular formula is C24H26BrOSi. The molecule has 3 aromatic carbocycles. The van der Waals surface area contributed by atoms with E-state index in [0.29, 0.717) is 6.61 Å². The minimum Gasteiger partial charge on any atom is -0.376 e. The smallest absolute Gasteiger partial charge is 0.129 e. The maximum atomic E-state index is 6.24. The van der Waals surface area contributed by atoms with Gasteiger partial charge in [0.05, 0.1) is 13.2 Å². The van der Waals surface area contributed by atoms with Crippen molar-refractivity contribution in [1.29, 1.82) is 0 Å². The van der Waals surface area contributed by atoms with E-state index in [1.807, 2.05) is 0 Å². The fourth-order valence-electron chi connectivity index (χ4n) is 3.47. The van der Waals surface area contributed by atoms with Crippen molar-refractivity contribution in [3.05, 3.63) is 94.5 Å². The zero-order valence-corrected chi connectivity index (χ0v) is 18.8. The Balaban J connectivity index is 1.78. The average Bonchev–Trinajstić information content (AvgIpc) is 2.65. The Morgan fingerprint density at radius 1 is 0.852 bits per heavy atom. The van der Waals surface area contributed by atoms with E-state index in [0.717, 1.165) is 11.1 Å². The molecule has 0 unspecified atom stereocenters. The summed E-state index contributed by atoms with van der Waals surface area (Å²) in [5.74, 6) is 0. The lowest BCUT2D eigenvalue weighted by molar-refractivity contribution is 0.101. The van der Waals surface area contributed by atoms with Crippen molar-refractivity contribution in [3.63, 3.8) is 0 Å². The molecule has 0 bridgehead atoms. The minimum atomic E-state index is -0.979. The van der Waals surface area contributed by atoms with Gasteiger partial charge in [0, 0.05) is 4.47 Å². The molecule has 0 spiro atoms. The highest BCUT2D eigenvalue weighted by Gasteiger charge is 2.34. The molecule has 3 heteroatoms. The topological polar surface area (TPSA) is 9.23 Å². The van der Waals surface area contributed by atoms with E-state index in [1.165, 1.54) is 21.5 Å². The van der Waals surface area contributed by atoms with Crippen LogP contribution in [-0.4, -0.2) is 15.4 Å². The molecule has 0 saturated heterocycles. The van der Waals surface area contributed by atoms with Gasteiger partial charge in [-0.15, -0.1) is 0 Å². The number of hydrogen-bond acceptors (Lipinski definition) is 1. The molecule has 0 fully saturated rings. The van der Waals surface area contributed by atoms with E-state index in [2.05, 4.69) is 116 Å². The molecule has 3 aromatic rings. The van der Waals surface area contributed by atoms with Crippen LogP contribution in [0, 0.1) is 6.92 Å². The van der Waals surface area contributed by atoms with Gasteiger partial charge in [-0.2, -0.15) is 0 Å². The number of halogens is 1. The fraction of sp³-hybridized carbons (Fsp3) is 0.250. The van der Waals surface area contributed by atoms with Gasteiger partial charge in [0.2, 0.25) is 0 Å². The summed E-state index contributed by atoms with van der Waals surface area (Å²) in [4.78, 5) is 0. The van der Waals surface area contributed by atoms with Crippen molar-refractivity contribution in [2.45, 2.75) is 32.4 Å². The summed E-state index contributed by atoms with van der Waals surface area (Å²) < 4.78 is 7.35. The third-order valence-electron chi connectivity index (χ3n) is 4.83. The summed E-state index contributed by atoms with van der Waals surface area (Å²) >= 11 is 3.53. The Kier molecular flexibility index (Phi) is 6.69. The lowest BCUT2D eigenvalue weighted by atomic mass is 10.1. The van der Waals surface area contributed by atoms with Crippen LogP contribution in [0.1, 0.15) is 25.0 Å². The predicted octanol–water partition coefficient (Wildman–Crippen LogP) is 5.36. The molecule has 0 heterocycles. The zero-order valence-electron chi connectivity index (χ0n) is 16.2. The Morgan fingerprint density at radius 3 is 1.93 bits per heavy atom. The Morgan fingerprint density at radius 2 is 1.41 bits per heavy atom. The second kappa shape index (κ2) is 9.00. The first-order valence-electron chi connectivity index (χ1n) is 9.28. The van der Waals surface area contributed by atoms with Crippen molar-refractivity contribution in [2.24, 2.45) is 0 Å². The largest absolute Gasteiger partial charge is 0.376 e. The lowest BCUT2D eigenvalue weighted by Gasteiger charge is -2.33. The summed E-state index contributed by atoms with van der Waals surface area (Å²) in [7, 11) is -0.979. The molecule has 27 heavy (non-hydrogen) atoms. The van der Waals surface area contributed by atoms with Crippen LogP contribution in [0.25, 0.3) is 0 Å². The normalized spacial score (nSPS) is 11.7. The average molecular weight is 438 g/mol. The second-order valence-electron chi connectivity index (χ2n) is 7.55. The standard InChI is InChI=1S/C24H26BrOSi/c1-19-16-21(25)15-14-20(19)17-26-18-24(2,3)27(22-10-6-4-7-11-22)23-12-8-5-9-13-23/h4-16H,17-18H2,1-3H3. The third kappa shape index (κ3) is 5.19. The fourth-order valence-corrected chi connectivity index (χ4v) is 7.14. The molecule has 1 nitrogen and oxygen atoms in total. The van der Waals surface area contributed by atoms with Crippen LogP contribution in [0.4, 0.5) is 0 Å². The maximum Gasteiger partial charge on any atom is 0.129 e. The predicted molar refractivity (Wildman–Crippen MR) is 120 cm³/mol. The van der Waals surface area contributed by atoms with Crippen LogP contribution in [0.2, 0.25) is 5.04 Å². The Hall–Kier alpha value is -1.68. The maximum absolute atomic E-state index is 6.24. The highest BCUT2D eigenvalue weighted by Crippen LogP contribution is 2.29. The van der Waals surface area contributed by atoms with Crippen LogP contribution >= 0.6 is 15.9 Å². The lowest BCUT2D eigenvalue weighted by Crippen LogP contribution is -2.51. The van der Waals surface area contributed by atoms with Crippen molar-refractivity contribution in [2.75, 3.05) is 6.61 Å². The summed E-state index contributed by atoms with van der Waals surface area (Å²) in [5, 5.41) is 2.93. The highest BCUT2D eigenvalue weighted by molar-refractivity contribution is 9.10. The van der Waals surface area contributed by atoms with Gasteiger partial charge in [-0.05, 0) is 35.2 Å². The van der Waals surface area contributed by atoms with Gasteiger partial charge in [-0.1, -0.05) is 107 Å². The van der Waals surface area contributed by atoms with Gasteiger partial charge in [-0.3, -0.25) is 0 Å². The van der Waals surface area contributed by atoms with E-state index >= 15 is 0 Å². The third-order valence-corrected chi connectivity index (χ3v) is 8.64. The Bertz CT molecular complexity index is 823. The van der Waals surface area contributed by atoms with E-state index in [9.17, 15) is 0 Å². The van der Waals surface area contributed by atoms with E-state index in [1.54, 1.807) is 0 Å². The number of aryl methyl sites for hydroxylation is 1. The first kappa shape index (κ1) is 20.1. The van der Waals surface area contributed by atoms with Crippen molar-refractivity contribution < 1.29 is 4.74 Å². The molecule has 1 radical (unpaired) electrons. The van der Waals surface area contributed by atoms with Gasteiger partial charge in [-0.25, -0.2) is 0 Å². The molecule has 0 aliphatic carbocycles. The van der Waals surface area contributed by atoms with Crippen LogP contribution < -0.4 is 10.4 Å². The summed E-state index contributed by atoms with van der Waals surface area (Å²) in [6, 6.07) is 28.2. The second-order valence-corrected chi connectivity index (χ2v) is 11.7. The molecule has 0 aromatic heterocycles. The van der Waals surface area contributed by atoms with Crippen molar-refractivity contribution in [1.82, 2.24) is 0 Å². The van der Waals surface area contributed by atoms with Crippen LogP contribution in [-0.2, 0) is 11.3 Å². The summed E-state index contributed by atoms with van der Waals surface area (Å²) in [6.45, 7) is 8.21. The van der Waals surface area contributed by atoms with E-state index in [4.69, 9.17) is 4.74 Å². The van der Waals surface area contributed by atoms with Gasteiger partial charge in [0.1, 0.15) is 8.80 Å². The number of hydrogen-bond donors (Lipinski definition) is 0. The number of rotatable bonds is 7. The molecule has 0 atom stereocenters. The number of ether oxygens (including phenoxy) is 1. The monoisotopic (exact) mass is 437 g/mol. The summed E-state index contributed by atoms with van der Waals surface area (Å²) in [6.07, 6.45) is 0. The van der Waals surface area contributed by atoms with Crippen LogP contribution in [0.5, 0.6) is 0 Å². The Labute approximate surface area is 173 Å². The van der Waals surface area contributed by atoms with Gasteiger partial charge >= 0.3 is 0 Å². The molecular weight excluding hydrogens is 412 g/mol. The summed E-state index contributed by atoms with van der Waals surface area (Å²) in [5.41, 5.74) is 2.51. The first-order chi connectivity index (χ1) is 13.0. The minimum absolute atomic E-state index is 0.0661. The van der Waals surface area contributed by atoms with Gasteiger partial charge in [0.25, 0.3) is 0 Å². The van der Waals surface area contributed by atoms with Crippen LogP contribution in [0.15, 0.2) is 83.3 Å². The van der Waals surface area contributed by atoms with E-state index < -0.39 is 8.80 Å². The molecule has 0 aliphatic rings. The number of benzene rings is 3. The van der Waals surface area contributed by atoms with Gasteiger partial charge in [0.15, 0.2) is 0 Å². The molecule has 0 aliphatic heterocycles. The van der Waals surface area contributed by atoms with Crippen LogP contribution in [0.3, 0.4) is 0 Å². The molecule has 0 N–H and O–H groups in total. The molecule has 139 valence electrons. The quantitative estimate of drug-likeness (QED) is 0.451. The van der Waals surface area contributed by atoms with Gasteiger partial charge < -0.3 is 4.74 Å². The molecule has 0 amide bonds. The highest BCUT2D eigenvalue weighted by atomic mass is 79.9. The van der Waals surface area contributed by atoms with Crippen molar-refractivity contribution >= 4 is 35.1 Å². The van der Waals surface area contributed by atoms with Crippen molar-refractivity contribution in [3.8, 4) is 0 Å². The molecule has 0 saturated carbocycles. The molecule has 3 rings (SSSR count). The first-order valence-corrected chi connectivity index (χ1v) is 11.6. The SMILES string of the molecule is Cc1cc(Br)ccc1COCC(C)(C)[Si](c1ccccc1)c1ccccc1. The zero-order chi connectivity index (χ0) is 19.3.